The summed E-state index contributed by atoms with van der Waals surface area (Å²) in [4.78, 5) is 39.3. The van der Waals surface area contributed by atoms with Crippen LogP contribution in [0.3, 0.4) is 0 Å². The molecule has 0 unspecified atom stereocenters. The van der Waals surface area contributed by atoms with Gasteiger partial charge in [-0.15, -0.1) is 0 Å². The van der Waals surface area contributed by atoms with Gasteiger partial charge in [0.15, 0.2) is 0 Å². The van der Waals surface area contributed by atoms with E-state index in [1.807, 2.05) is 59.3 Å². The lowest BCUT2D eigenvalue weighted by Crippen LogP contribution is -2.12. The molecule has 0 aliphatic carbocycles. The summed E-state index contributed by atoms with van der Waals surface area (Å²) >= 11 is 0. The van der Waals surface area contributed by atoms with Crippen LogP contribution in [0, 0.1) is 0 Å². The molecule has 1 aromatic carbocycles. The Bertz CT molecular complexity index is 1730. The lowest BCUT2D eigenvalue weighted by Gasteiger charge is -2.08. The van der Waals surface area contributed by atoms with E-state index in [4.69, 9.17) is 0 Å². The number of benzene rings is 1. The zero-order valence-electron chi connectivity index (χ0n) is 18.5. The molecule has 0 fully saturated rings. The van der Waals surface area contributed by atoms with E-state index in [-0.39, 0.29) is 11.5 Å². The SMILES string of the molecule is O=C(Nc1ccc(Cc2c[nH]c(=O)c3cc(-c4c[nH]c5ncccc45)cn23)cc1)c1ccncc1. The highest BCUT2D eigenvalue weighted by molar-refractivity contribution is 6.04. The fourth-order valence-corrected chi connectivity index (χ4v) is 4.27. The zero-order valence-corrected chi connectivity index (χ0v) is 18.5. The molecule has 170 valence electrons. The van der Waals surface area contributed by atoms with Crippen LogP contribution in [0.4, 0.5) is 5.69 Å². The van der Waals surface area contributed by atoms with Crippen molar-refractivity contribution in [2.24, 2.45) is 0 Å². The van der Waals surface area contributed by atoms with Crippen LogP contribution in [0.1, 0.15) is 21.6 Å². The van der Waals surface area contributed by atoms with Gasteiger partial charge in [0, 0.05) is 77.1 Å². The molecule has 0 radical (unpaired) electrons. The quantitative estimate of drug-likeness (QED) is 0.354. The molecule has 1 amide bonds. The molecule has 0 aliphatic heterocycles. The summed E-state index contributed by atoms with van der Waals surface area (Å²) in [5.41, 5.74) is 6.43. The highest BCUT2D eigenvalue weighted by Gasteiger charge is 2.13. The van der Waals surface area contributed by atoms with E-state index in [1.165, 1.54) is 0 Å². The summed E-state index contributed by atoms with van der Waals surface area (Å²) < 4.78 is 1.93. The normalized spacial score (nSPS) is 11.2. The number of hydrogen-bond donors (Lipinski definition) is 3. The second-order valence-corrected chi connectivity index (χ2v) is 8.26. The average molecular weight is 460 g/mol. The molecule has 6 aromatic rings. The minimum Gasteiger partial charge on any atom is -0.346 e. The van der Waals surface area contributed by atoms with Crippen LogP contribution in [0.2, 0.25) is 0 Å². The number of amides is 1. The van der Waals surface area contributed by atoms with E-state index in [9.17, 15) is 9.59 Å². The highest BCUT2D eigenvalue weighted by Crippen LogP contribution is 2.29. The Morgan fingerprint density at radius 1 is 0.971 bits per heavy atom. The Hall–Kier alpha value is -4.98. The van der Waals surface area contributed by atoms with Gasteiger partial charge in [-0.2, -0.15) is 0 Å². The van der Waals surface area contributed by atoms with Gasteiger partial charge in [-0.1, -0.05) is 12.1 Å². The molecule has 35 heavy (non-hydrogen) atoms. The van der Waals surface area contributed by atoms with Gasteiger partial charge in [-0.05, 0) is 48.0 Å². The summed E-state index contributed by atoms with van der Waals surface area (Å²) in [6.07, 6.45) is 11.2. The minimum atomic E-state index is -0.185. The van der Waals surface area contributed by atoms with E-state index in [1.54, 1.807) is 36.9 Å². The molecule has 5 heterocycles. The molecule has 6 rings (SSSR count). The first-order valence-electron chi connectivity index (χ1n) is 11.1. The van der Waals surface area contributed by atoms with Crippen molar-refractivity contribution in [1.29, 1.82) is 0 Å². The van der Waals surface area contributed by atoms with Crippen LogP contribution >= 0.6 is 0 Å². The number of anilines is 1. The van der Waals surface area contributed by atoms with Crippen LogP contribution in [0.5, 0.6) is 0 Å². The average Bonchev–Trinajstić information content (AvgIpc) is 3.53. The molecule has 5 aromatic heterocycles. The van der Waals surface area contributed by atoms with E-state index in [2.05, 4.69) is 25.3 Å². The van der Waals surface area contributed by atoms with Crippen molar-refractivity contribution in [3.63, 3.8) is 0 Å². The van der Waals surface area contributed by atoms with E-state index in [0.717, 1.165) is 33.4 Å². The van der Waals surface area contributed by atoms with Gasteiger partial charge >= 0.3 is 0 Å². The van der Waals surface area contributed by atoms with Crippen molar-refractivity contribution in [3.05, 3.63) is 119 Å². The summed E-state index contributed by atoms with van der Waals surface area (Å²) in [6.45, 7) is 0. The first-order valence-corrected chi connectivity index (χ1v) is 11.1. The topological polar surface area (TPSA) is 108 Å². The van der Waals surface area contributed by atoms with Crippen molar-refractivity contribution in [2.45, 2.75) is 6.42 Å². The number of H-pyrrole nitrogens is 2. The number of rotatable bonds is 5. The summed E-state index contributed by atoms with van der Waals surface area (Å²) in [6, 6.07) is 16.8. The number of fused-ring (bicyclic) bond motifs is 2. The highest BCUT2D eigenvalue weighted by atomic mass is 16.1. The maximum atomic E-state index is 12.6. The van der Waals surface area contributed by atoms with Gasteiger partial charge in [0.05, 0.1) is 0 Å². The number of pyridine rings is 2. The van der Waals surface area contributed by atoms with Crippen LogP contribution < -0.4 is 10.9 Å². The van der Waals surface area contributed by atoms with Gasteiger partial charge in [-0.3, -0.25) is 14.6 Å². The summed E-state index contributed by atoms with van der Waals surface area (Å²) in [5, 5.41) is 3.90. The van der Waals surface area contributed by atoms with Crippen LogP contribution in [-0.2, 0) is 6.42 Å². The zero-order chi connectivity index (χ0) is 23.8. The van der Waals surface area contributed by atoms with Gasteiger partial charge in [0.1, 0.15) is 11.2 Å². The number of nitrogens with one attached hydrogen (secondary N) is 3. The predicted molar refractivity (Wildman–Crippen MR) is 135 cm³/mol. The molecule has 0 bridgehead atoms. The van der Waals surface area contributed by atoms with Gasteiger partial charge in [0.2, 0.25) is 0 Å². The van der Waals surface area contributed by atoms with E-state index in [0.29, 0.717) is 23.2 Å². The van der Waals surface area contributed by atoms with Gasteiger partial charge in [-0.25, -0.2) is 4.98 Å². The molecule has 0 spiro atoms. The van der Waals surface area contributed by atoms with Crippen molar-refractivity contribution < 1.29 is 4.79 Å². The fourth-order valence-electron chi connectivity index (χ4n) is 4.27. The Morgan fingerprint density at radius 3 is 2.63 bits per heavy atom. The monoisotopic (exact) mass is 460 g/mol. The molecule has 0 atom stereocenters. The second kappa shape index (κ2) is 8.42. The van der Waals surface area contributed by atoms with Crippen LogP contribution in [0.15, 0.2) is 96.6 Å². The Balaban J connectivity index is 1.28. The number of carbonyl (C=O) groups excluding carboxylic acids is 1. The van der Waals surface area contributed by atoms with Crippen molar-refractivity contribution in [3.8, 4) is 11.1 Å². The molecular weight excluding hydrogens is 440 g/mol. The summed E-state index contributed by atoms with van der Waals surface area (Å²) in [7, 11) is 0. The van der Waals surface area contributed by atoms with E-state index < -0.39 is 0 Å². The van der Waals surface area contributed by atoms with E-state index >= 15 is 0 Å². The van der Waals surface area contributed by atoms with Crippen LogP contribution in [-0.4, -0.2) is 30.2 Å². The summed E-state index contributed by atoms with van der Waals surface area (Å²) in [5.74, 6) is -0.185. The Labute approximate surface area is 199 Å². The third-order valence-electron chi connectivity index (χ3n) is 6.03. The Kier molecular flexibility index (Phi) is 4.96. The molecule has 0 saturated heterocycles. The number of aromatic amines is 2. The molecule has 0 aliphatic rings. The number of carbonyl (C=O) groups is 1. The maximum Gasteiger partial charge on any atom is 0.272 e. The van der Waals surface area contributed by atoms with Crippen LogP contribution in [0.25, 0.3) is 27.7 Å². The largest absolute Gasteiger partial charge is 0.346 e. The first kappa shape index (κ1) is 20.6. The molecule has 0 saturated carbocycles. The lowest BCUT2D eigenvalue weighted by molar-refractivity contribution is 0.102. The third-order valence-corrected chi connectivity index (χ3v) is 6.03. The van der Waals surface area contributed by atoms with Crippen molar-refractivity contribution in [1.82, 2.24) is 24.3 Å². The third kappa shape index (κ3) is 3.87. The lowest BCUT2D eigenvalue weighted by atomic mass is 10.1. The molecule has 8 heteroatoms. The smallest absolute Gasteiger partial charge is 0.272 e. The van der Waals surface area contributed by atoms with Gasteiger partial charge < -0.3 is 19.7 Å². The van der Waals surface area contributed by atoms with Crippen molar-refractivity contribution in [2.75, 3.05) is 5.32 Å². The molecular formula is C27H20N6O2. The number of hydrogen-bond acceptors (Lipinski definition) is 4. The Morgan fingerprint density at radius 2 is 1.80 bits per heavy atom. The maximum absolute atomic E-state index is 12.6. The standard InChI is InChI=1S/C27H20N6O2/c34-26(18-7-10-28-11-8-18)32-20-5-3-17(4-6-20)12-21-14-31-27(35)24-13-19(16-33(21)24)23-15-30-25-22(23)2-1-9-29-25/h1-11,13-16H,12H2,(H,29,30)(H,31,35)(H,32,34). The fraction of sp³-hybridized carbons (Fsp3) is 0.0370. The van der Waals surface area contributed by atoms with Gasteiger partial charge in [0.25, 0.3) is 11.5 Å². The predicted octanol–water partition coefficient (Wildman–Crippen LogP) is 4.41. The molecule has 3 N–H and O–H groups in total. The van der Waals surface area contributed by atoms with Crippen molar-refractivity contribution >= 4 is 28.1 Å². The first-order chi connectivity index (χ1) is 17.2. The second-order valence-electron chi connectivity index (χ2n) is 8.26. The molecule has 8 nitrogen and oxygen atoms in total. The number of aromatic nitrogens is 5. The number of nitrogens with zero attached hydrogens (tertiary/aromatic N) is 3. The minimum absolute atomic E-state index is 0.146.